The molecule has 2 N–H and O–H groups in total. The second-order valence-electron chi connectivity index (χ2n) is 5.32. The standard InChI is InChI=1S/C19H18N2O3/c1-2-24-17(22)12-15-14-10-6-7-11-16(14)20-19(15)18(21-23)13-8-4-3-5-9-13/h3-11,20,23H,2,12H2,1H3. The number of rotatable bonds is 5. The number of aromatic nitrogens is 1. The summed E-state index contributed by atoms with van der Waals surface area (Å²) in [6.07, 6.45) is 0.110. The number of carbonyl (C=O) groups is 1. The average molecular weight is 322 g/mol. The largest absolute Gasteiger partial charge is 0.466 e. The number of H-pyrrole nitrogens is 1. The van der Waals surface area contributed by atoms with Crippen LogP contribution >= 0.6 is 0 Å². The monoisotopic (exact) mass is 322 g/mol. The predicted octanol–water partition coefficient (Wildman–Crippen LogP) is 3.50. The number of oxime groups is 1. The van der Waals surface area contributed by atoms with E-state index in [4.69, 9.17) is 4.74 Å². The van der Waals surface area contributed by atoms with Crippen molar-refractivity contribution in [2.24, 2.45) is 5.16 Å². The predicted molar refractivity (Wildman–Crippen MR) is 92.5 cm³/mol. The zero-order valence-corrected chi connectivity index (χ0v) is 13.3. The highest BCUT2D eigenvalue weighted by Crippen LogP contribution is 2.25. The molecule has 0 radical (unpaired) electrons. The number of hydrogen-bond donors (Lipinski definition) is 2. The molecule has 0 aliphatic heterocycles. The lowest BCUT2D eigenvalue weighted by Gasteiger charge is -2.07. The summed E-state index contributed by atoms with van der Waals surface area (Å²) >= 11 is 0. The number of fused-ring (bicyclic) bond motifs is 1. The summed E-state index contributed by atoms with van der Waals surface area (Å²) in [5, 5.41) is 14.0. The van der Waals surface area contributed by atoms with Crippen LogP contribution in [0.1, 0.15) is 23.7 Å². The Bertz CT molecular complexity index is 882. The van der Waals surface area contributed by atoms with Crippen LogP contribution in [0.2, 0.25) is 0 Å². The van der Waals surface area contributed by atoms with Crippen LogP contribution in [0.4, 0.5) is 0 Å². The fraction of sp³-hybridized carbons (Fsp3) is 0.158. The van der Waals surface area contributed by atoms with Gasteiger partial charge in [0.15, 0.2) is 0 Å². The SMILES string of the molecule is CCOC(=O)Cc1c(C(=NO)c2ccccc2)[nH]c2ccccc12. The van der Waals surface area contributed by atoms with Crippen molar-refractivity contribution in [3.8, 4) is 0 Å². The van der Waals surface area contributed by atoms with Crippen molar-refractivity contribution in [2.75, 3.05) is 6.61 Å². The van der Waals surface area contributed by atoms with Crippen molar-refractivity contribution in [3.05, 3.63) is 71.4 Å². The molecule has 0 aliphatic carbocycles. The number of aromatic amines is 1. The Morgan fingerprint density at radius 2 is 1.83 bits per heavy atom. The number of benzene rings is 2. The van der Waals surface area contributed by atoms with Gasteiger partial charge < -0.3 is 14.9 Å². The molecule has 24 heavy (non-hydrogen) atoms. The van der Waals surface area contributed by atoms with Gasteiger partial charge in [-0.15, -0.1) is 0 Å². The summed E-state index contributed by atoms with van der Waals surface area (Å²) < 4.78 is 5.08. The molecule has 0 fully saturated rings. The topological polar surface area (TPSA) is 74.7 Å². The molecule has 3 rings (SSSR count). The third kappa shape index (κ3) is 3.01. The van der Waals surface area contributed by atoms with E-state index in [0.717, 1.165) is 22.0 Å². The molecule has 1 aromatic heterocycles. The van der Waals surface area contributed by atoms with Crippen LogP contribution in [0.3, 0.4) is 0 Å². The molecule has 0 bridgehead atoms. The van der Waals surface area contributed by atoms with Crippen LogP contribution in [0.5, 0.6) is 0 Å². The Hall–Kier alpha value is -3.08. The summed E-state index contributed by atoms with van der Waals surface area (Å²) in [5.74, 6) is -0.311. The van der Waals surface area contributed by atoms with Gasteiger partial charge in [0, 0.05) is 16.5 Å². The van der Waals surface area contributed by atoms with Crippen molar-refractivity contribution >= 4 is 22.6 Å². The van der Waals surface area contributed by atoms with Crippen molar-refractivity contribution in [1.29, 1.82) is 0 Å². The van der Waals surface area contributed by atoms with E-state index in [1.54, 1.807) is 6.92 Å². The van der Waals surface area contributed by atoms with Gasteiger partial charge >= 0.3 is 5.97 Å². The lowest BCUT2D eigenvalue weighted by atomic mass is 10.0. The molecule has 5 nitrogen and oxygen atoms in total. The third-order valence-corrected chi connectivity index (χ3v) is 3.82. The normalized spacial score (nSPS) is 11.6. The van der Waals surface area contributed by atoms with Crippen molar-refractivity contribution in [2.45, 2.75) is 13.3 Å². The van der Waals surface area contributed by atoms with Crippen LogP contribution in [-0.2, 0) is 16.0 Å². The minimum atomic E-state index is -0.311. The Morgan fingerprint density at radius 1 is 1.12 bits per heavy atom. The second kappa shape index (κ2) is 7.00. The van der Waals surface area contributed by atoms with E-state index in [-0.39, 0.29) is 12.4 Å². The Labute approximate surface area is 139 Å². The van der Waals surface area contributed by atoms with Gasteiger partial charge in [0.25, 0.3) is 0 Å². The zero-order chi connectivity index (χ0) is 16.9. The molecular weight excluding hydrogens is 304 g/mol. The number of ether oxygens (including phenoxy) is 1. The first-order valence-corrected chi connectivity index (χ1v) is 7.77. The maximum atomic E-state index is 12.0. The number of para-hydroxylation sites is 1. The minimum absolute atomic E-state index is 0.110. The molecule has 5 heteroatoms. The van der Waals surface area contributed by atoms with E-state index < -0.39 is 0 Å². The molecule has 122 valence electrons. The molecular formula is C19H18N2O3. The van der Waals surface area contributed by atoms with Crippen molar-refractivity contribution < 1.29 is 14.7 Å². The highest BCUT2D eigenvalue weighted by molar-refractivity contribution is 6.15. The van der Waals surface area contributed by atoms with Gasteiger partial charge in [0.05, 0.1) is 18.7 Å². The van der Waals surface area contributed by atoms with E-state index in [1.165, 1.54) is 0 Å². The zero-order valence-electron chi connectivity index (χ0n) is 13.3. The van der Waals surface area contributed by atoms with E-state index in [0.29, 0.717) is 18.0 Å². The molecule has 3 aromatic rings. The summed E-state index contributed by atoms with van der Waals surface area (Å²) in [7, 11) is 0. The van der Waals surface area contributed by atoms with Gasteiger partial charge in [-0.25, -0.2) is 0 Å². The van der Waals surface area contributed by atoms with Gasteiger partial charge in [0.2, 0.25) is 0 Å². The average Bonchev–Trinajstić information content (AvgIpc) is 2.95. The highest BCUT2D eigenvalue weighted by atomic mass is 16.5. The van der Waals surface area contributed by atoms with E-state index in [2.05, 4.69) is 10.1 Å². The van der Waals surface area contributed by atoms with Gasteiger partial charge in [0.1, 0.15) is 5.71 Å². The summed E-state index contributed by atoms with van der Waals surface area (Å²) in [6, 6.07) is 17.0. The number of hydrogen-bond acceptors (Lipinski definition) is 4. The number of nitrogens with zero attached hydrogens (tertiary/aromatic N) is 1. The summed E-state index contributed by atoms with van der Waals surface area (Å²) in [4.78, 5) is 15.3. The van der Waals surface area contributed by atoms with Crippen LogP contribution in [0, 0.1) is 0 Å². The maximum absolute atomic E-state index is 12.0. The first-order valence-electron chi connectivity index (χ1n) is 7.77. The highest BCUT2D eigenvalue weighted by Gasteiger charge is 2.20. The van der Waals surface area contributed by atoms with E-state index in [1.807, 2.05) is 54.6 Å². The molecule has 0 spiro atoms. The van der Waals surface area contributed by atoms with E-state index >= 15 is 0 Å². The summed E-state index contributed by atoms with van der Waals surface area (Å²) in [5.41, 5.74) is 3.42. The molecule has 1 heterocycles. The van der Waals surface area contributed by atoms with Crippen LogP contribution in [0.25, 0.3) is 10.9 Å². The maximum Gasteiger partial charge on any atom is 0.310 e. The molecule has 0 saturated heterocycles. The number of nitrogens with one attached hydrogen (secondary N) is 1. The van der Waals surface area contributed by atoms with Gasteiger partial charge in [-0.3, -0.25) is 4.79 Å². The van der Waals surface area contributed by atoms with Gasteiger partial charge in [-0.1, -0.05) is 53.7 Å². The number of carbonyl (C=O) groups excluding carboxylic acids is 1. The molecule has 0 aliphatic rings. The smallest absolute Gasteiger partial charge is 0.310 e. The first kappa shape index (κ1) is 15.8. The third-order valence-electron chi connectivity index (χ3n) is 3.82. The fourth-order valence-electron chi connectivity index (χ4n) is 2.79. The Balaban J connectivity index is 2.14. The Morgan fingerprint density at radius 3 is 2.54 bits per heavy atom. The molecule has 0 saturated carbocycles. The van der Waals surface area contributed by atoms with Crippen LogP contribution < -0.4 is 0 Å². The van der Waals surface area contributed by atoms with Crippen LogP contribution in [0.15, 0.2) is 59.8 Å². The quantitative estimate of drug-likeness (QED) is 0.327. The molecule has 0 atom stereocenters. The fourth-order valence-corrected chi connectivity index (χ4v) is 2.79. The lowest BCUT2D eigenvalue weighted by molar-refractivity contribution is -0.142. The first-order chi connectivity index (χ1) is 11.7. The minimum Gasteiger partial charge on any atom is -0.466 e. The van der Waals surface area contributed by atoms with Gasteiger partial charge in [-0.2, -0.15) is 0 Å². The summed E-state index contributed by atoms with van der Waals surface area (Å²) in [6.45, 7) is 2.11. The molecule has 0 amide bonds. The van der Waals surface area contributed by atoms with Crippen molar-refractivity contribution in [1.82, 2.24) is 4.98 Å². The lowest BCUT2D eigenvalue weighted by Crippen LogP contribution is -2.12. The Kier molecular flexibility index (Phi) is 4.61. The molecule has 0 unspecified atom stereocenters. The second-order valence-corrected chi connectivity index (χ2v) is 5.32. The van der Waals surface area contributed by atoms with Gasteiger partial charge in [-0.05, 0) is 18.6 Å². The van der Waals surface area contributed by atoms with E-state index in [9.17, 15) is 10.0 Å². The van der Waals surface area contributed by atoms with Crippen molar-refractivity contribution in [3.63, 3.8) is 0 Å². The van der Waals surface area contributed by atoms with Crippen LogP contribution in [-0.4, -0.2) is 28.5 Å². The molecule has 2 aromatic carbocycles. The number of esters is 1.